The molecule has 0 spiro atoms. The summed E-state index contributed by atoms with van der Waals surface area (Å²) in [6.07, 6.45) is 4.84. The number of allylic oxidation sites excluding steroid dienone is 1. The van der Waals surface area contributed by atoms with Gasteiger partial charge in [-0.15, -0.1) is 11.3 Å². The van der Waals surface area contributed by atoms with E-state index in [1.165, 1.54) is 29.0 Å². The van der Waals surface area contributed by atoms with Crippen LogP contribution in [0.3, 0.4) is 0 Å². The second kappa shape index (κ2) is 6.69. The van der Waals surface area contributed by atoms with E-state index < -0.39 is 6.10 Å². The van der Waals surface area contributed by atoms with Gasteiger partial charge in [0.15, 0.2) is 0 Å². The molecule has 4 nitrogen and oxygen atoms in total. The molecule has 0 amide bonds. The van der Waals surface area contributed by atoms with Crippen molar-refractivity contribution >= 4 is 17.4 Å². The van der Waals surface area contributed by atoms with Crippen molar-refractivity contribution in [1.82, 2.24) is 14.8 Å². The number of nitrogens with zero attached hydrogens (tertiary/aromatic N) is 3. The molecule has 1 N–H and O–H groups in total. The molecule has 0 saturated heterocycles. The number of fused-ring (bicyclic) bond motifs is 1. The molecule has 3 aromatic rings. The van der Waals surface area contributed by atoms with Crippen LogP contribution < -0.4 is 0 Å². The second-order valence-corrected chi connectivity index (χ2v) is 8.44. The van der Waals surface area contributed by atoms with Crippen molar-refractivity contribution < 1.29 is 9.50 Å². The summed E-state index contributed by atoms with van der Waals surface area (Å²) in [7, 11) is 0. The van der Waals surface area contributed by atoms with Gasteiger partial charge in [-0.3, -0.25) is 0 Å². The van der Waals surface area contributed by atoms with Crippen LogP contribution in [0.1, 0.15) is 48.3 Å². The van der Waals surface area contributed by atoms with Crippen LogP contribution in [0.4, 0.5) is 4.39 Å². The van der Waals surface area contributed by atoms with Gasteiger partial charge in [0.25, 0.3) is 0 Å². The summed E-state index contributed by atoms with van der Waals surface area (Å²) in [5, 5.41) is 17.9. The van der Waals surface area contributed by atoms with Gasteiger partial charge in [-0.2, -0.15) is 5.10 Å². The van der Waals surface area contributed by atoms with E-state index in [1.54, 1.807) is 12.1 Å². The van der Waals surface area contributed by atoms with Gasteiger partial charge in [0.05, 0.1) is 17.6 Å². The number of halogens is 1. The van der Waals surface area contributed by atoms with Gasteiger partial charge in [0.1, 0.15) is 16.9 Å². The normalized spacial score (nSPS) is 20.3. The van der Waals surface area contributed by atoms with Gasteiger partial charge < -0.3 is 5.11 Å². The van der Waals surface area contributed by atoms with Crippen LogP contribution in [0.25, 0.3) is 11.8 Å². The van der Waals surface area contributed by atoms with Crippen molar-refractivity contribution in [2.75, 3.05) is 0 Å². The number of hydrogen-bond donors (Lipinski definition) is 1. The molecular weight excluding hydrogens is 361 g/mol. The van der Waals surface area contributed by atoms with Crippen molar-refractivity contribution in [3.8, 4) is 5.69 Å². The average molecular weight is 383 g/mol. The van der Waals surface area contributed by atoms with Crippen LogP contribution in [0.5, 0.6) is 0 Å². The smallest absolute Gasteiger partial charge is 0.123 e. The van der Waals surface area contributed by atoms with Crippen LogP contribution in [-0.2, 0) is 6.42 Å². The van der Waals surface area contributed by atoms with Gasteiger partial charge >= 0.3 is 0 Å². The molecule has 140 valence electrons. The molecule has 2 unspecified atom stereocenters. The van der Waals surface area contributed by atoms with Gasteiger partial charge in [-0.1, -0.05) is 12.5 Å². The van der Waals surface area contributed by atoms with Crippen LogP contribution in [0, 0.1) is 18.2 Å². The monoisotopic (exact) mass is 383 g/mol. The first-order valence-corrected chi connectivity index (χ1v) is 9.85. The van der Waals surface area contributed by atoms with E-state index >= 15 is 0 Å². The summed E-state index contributed by atoms with van der Waals surface area (Å²) in [6.45, 7) is 6.22. The first-order chi connectivity index (χ1) is 12.9. The Hall–Kier alpha value is -2.31. The molecule has 4 rings (SSSR count). The van der Waals surface area contributed by atoms with Crippen LogP contribution in [-0.4, -0.2) is 19.9 Å². The topological polar surface area (TPSA) is 50.9 Å². The zero-order valence-corrected chi connectivity index (χ0v) is 16.4. The third-order valence-corrected chi connectivity index (χ3v) is 6.47. The Morgan fingerprint density at radius 2 is 2.04 bits per heavy atom. The molecule has 2 aromatic heterocycles. The Kier molecular flexibility index (Phi) is 4.48. The van der Waals surface area contributed by atoms with E-state index in [0.29, 0.717) is 6.42 Å². The maximum Gasteiger partial charge on any atom is 0.123 e. The van der Waals surface area contributed by atoms with Gasteiger partial charge in [0, 0.05) is 11.1 Å². The highest BCUT2D eigenvalue weighted by Crippen LogP contribution is 2.44. The van der Waals surface area contributed by atoms with Crippen molar-refractivity contribution in [3.05, 3.63) is 69.2 Å². The molecule has 1 aromatic carbocycles. The Morgan fingerprint density at radius 3 is 2.70 bits per heavy atom. The summed E-state index contributed by atoms with van der Waals surface area (Å²) in [5.41, 5.74) is 4.97. The number of benzene rings is 1. The fraction of sp³-hybridized carbons (Fsp3) is 0.333. The number of aryl methyl sites for hydroxylation is 1. The van der Waals surface area contributed by atoms with Crippen LogP contribution >= 0.6 is 11.3 Å². The summed E-state index contributed by atoms with van der Waals surface area (Å²) >= 11 is 1.51. The molecule has 2 atom stereocenters. The largest absolute Gasteiger partial charge is 0.386 e. The SMILES string of the molecule is CC1=Cc2c(cnn2-c2ccc(F)cc2)CC1(C)CC(O)c1nc(C)cs1. The summed E-state index contributed by atoms with van der Waals surface area (Å²) in [5.74, 6) is -0.259. The van der Waals surface area contributed by atoms with E-state index in [9.17, 15) is 9.50 Å². The lowest BCUT2D eigenvalue weighted by molar-refractivity contribution is 0.120. The molecule has 0 bridgehead atoms. The predicted octanol–water partition coefficient (Wildman–Crippen LogP) is 4.87. The van der Waals surface area contributed by atoms with Gasteiger partial charge in [-0.25, -0.2) is 14.1 Å². The number of rotatable bonds is 4. The third-order valence-electron chi connectivity index (χ3n) is 5.41. The zero-order chi connectivity index (χ0) is 19.2. The third kappa shape index (κ3) is 3.35. The molecule has 6 heteroatoms. The molecule has 1 aliphatic carbocycles. The molecule has 0 aliphatic heterocycles. The first-order valence-electron chi connectivity index (χ1n) is 8.97. The minimum absolute atomic E-state index is 0.164. The molecule has 27 heavy (non-hydrogen) atoms. The summed E-state index contributed by atoms with van der Waals surface area (Å²) in [4.78, 5) is 4.43. The molecule has 2 heterocycles. The van der Waals surface area contributed by atoms with E-state index in [-0.39, 0.29) is 11.2 Å². The average Bonchev–Trinajstić information content (AvgIpc) is 3.22. The Labute approximate surface area is 162 Å². The number of aromatic nitrogens is 3. The van der Waals surface area contributed by atoms with E-state index in [0.717, 1.165) is 34.1 Å². The fourth-order valence-electron chi connectivity index (χ4n) is 3.68. The van der Waals surface area contributed by atoms with E-state index in [1.807, 2.05) is 23.2 Å². The Balaban J connectivity index is 1.63. The van der Waals surface area contributed by atoms with Crippen molar-refractivity contribution in [1.29, 1.82) is 0 Å². The van der Waals surface area contributed by atoms with Gasteiger partial charge in [-0.05, 0) is 68.0 Å². The van der Waals surface area contributed by atoms with Crippen LogP contribution in [0.15, 0.2) is 41.4 Å². The fourth-order valence-corrected chi connectivity index (χ4v) is 4.46. The van der Waals surface area contributed by atoms with Crippen molar-refractivity contribution in [2.45, 2.75) is 39.7 Å². The van der Waals surface area contributed by atoms with E-state index in [2.05, 4.69) is 30.0 Å². The lowest BCUT2D eigenvalue weighted by Gasteiger charge is -2.35. The lowest BCUT2D eigenvalue weighted by atomic mass is 9.70. The minimum Gasteiger partial charge on any atom is -0.386 e. The zero-order valence-electron chi connectivity index (χ0n) is 15.6. The first kappa shape index (κ1) is 18.1. The molecule has 0 fully saturated rings. The molecule has 0 radical (unpaired) electrons. The number of thiazole rings is 1. The quantitative estimate of drug-likeness (QED) is 0.700. The van der Waals surface area contributed by atoms with Crippen molar-refractivity contribution in [2.24, 2.45) is 5.41 Å². The maximum atomic E-state index is 13.2. The van der Waals surface area contributed by atoms with Gasteiger partial charge in [0.2, 0.25) is 0 Å². The highest BCUT2D eigenvalue weighted by Gasteiger charge is 2.35. The number of aliphatic hydroxyl groups is 1. The molecule has 0 saturated carbocycles. The Bertz CT molecular complexity index is 1000. The van der Waals surface area contributed by atoms with E-state index in [4.69, 9.17) is 0 Å². The highest BCUT2D eigenvalue weighted by atomic mass is 32.1. The van der Waals surface area contributed by atoms with Crippen LogP contribution in [0.2, 0.25) is 0 Å². The standard InChI is InChI=1S/C21H22FN3OS/c1-13-8-18-15(11-23-25(18)17-6-4-16(22)5-7-17)9-21(13,3)10-19(26)20-24-14(2)12-27-20/h4-8,11-12,19,26H,9-10H2,1-3H3. The molecular formula is C21H22FN3OS. The van der Waals surface area contributed by atoms with Crippen molar-refractivity contribution in [3.63, 3.8) is 0 Å². The molecule has 1 aliphatic rings. The predicted molar refractivity (Wildman–Crippen MR) is 105 cm³/mol. The maximum absolute atomic E-state index is 13.2. The second-order valence-electron chi connectivity index (χ2n) is 7.56. The summed E-state index contributed by atoms with van der Waals surface area (Å²) in [6, 6.07) is 6.35. The number of hydrogen-bond acceptors (Lipinski definition) is 4. The minimum atomic E-state index is -0.578. The highest BCUT2D eigenvalue weighted by molar-refractivity contribution is 7.09. The summed E-state index contributed by atoms with van der Waals surface area (Å²) < 4.78 is 15.1. The number of aliphatic hydroxyl groups excluding tert-OH is 1. The Morgan fingerprint density at radius 1 is 1.30 bits per heavy atom. The lowest BCUT2D eigenvalue weighted by Crippen LogP contribution is -2.27.